The van der Waals surface area contributed by atoms with Crippen LogP contribution >= 0.6 is 8.81 Å². The number of hydrogen-bond donors (Lipinski definition) is 1. The Balaban J connectivity index is 2.74. The van der Waals surface area contributed by atoms with Gasteiger partial charge in [0.25, 0.3) is 0 Å². The Labute approximate surface area is 87.9 Å². The third-order valence-corrected chi connectivity index (χ3v) is 2.88. The van der Waals surface area contributed by atoms with Gasteiger partial charge in [0.05, 0.1) is 8.81 Å². The minimum Gasteiger partial charge on any atom is -0.485 e. The summed E-state index contributed by atoms with van der Waals surface area (Å²) in [6.07, 6.45) is 7.32. The molecule has 0 radical (unpaired) electrons. The van der Waals surface area contributed by atoms with Crippen molar-refractivity contribution in [2.24, 2.45) is 0 Å². The molecule has 2 nitrogen and oxygen atoms in total. The largest absolute Gasteiger partial charge is 0.485 e. The number of rotatable bonds is 4. The molecule has 0 aliphatic heterocycles. The summed E-state index contributed by atoms with van der Waals surface area (Å²) in [6, 6.07) is 0. The Bertz CT molecular complexity index is 254. The summed E-state index contributed by atoms with van der Waals surface area (Å²) >= 11 is 0. The summed E-state index contributed by atoms with van der Waals surface area (Å²) in [5.41, 5.74) is 1.27. The lowest BCUT2D eigenvalue weighted by molar-refractivity contribution is 0.0978. The lowest BCUT2D eigenvalue weighted by Crippen LogP contribution is -2.18. The van der Waals surface area contributed by atoms with E-state index in [9.17, 15) is 0 Å². The van der Waals surface area contributed by atoms with Crippen molar-refractivity contribution in [3.8, 4) is 0 Å². The van der Waals surface area contributed by atoms with E-state index in [4.69, 9.17) is 9.63 Å². The summed E-state index contributed by atoms with van der Waals surface area (Å²) in [7, 11) is -0.181. The molecule has 0 aromatic heterocycles. The maximum absolute atomic E-state index is 9.15. The van der Waals surface area contributed by atoms with E-state index < -0.39 is 5.34 Å². The van der Waals surface area contributed by atoms with E-state index >= 15 is 0 Å². The zero-order valence-corrected chi connectivity index (χ0v) is 10.1. The summed E-state index contributed by atoms with van der Waals surface area (Å²) in [4.78, 5) is 9.15. The third-order valence-electron chi connectivity index (χ3n) is 2.24. The smallest absolute Gasteiger partial charge is 0.143 e. The minimum atomic E-state index is -0.430. The first kappa shape index (κ1) is 11.7. The molecule has 1 atom stereocenters. The van der Waals surface area contributed by atoms with Gasteiger partial charge in [-0.2, -0.15) is 0 Å². The standard InChI is InChI=1S/C11H19O2P/c1-4-9-7-5-6-8-10(9)13-11(2,3)14-12/h5,7,12,14H,4,6,8H2,1-3H3. The highest BCUT2D eigenvalue weighted by molar-refractivity contribution is 7.32. The Morgan fingerprint density at radius 3 is 2.86 bits per heavy atom. The molecule has 1 rings (SSSR count). The highest BCUT2D eigenvalue weighted by Gasteiger charge is 2.21. The van der Waals surface area contributed by atoms with Gasteiger partial charge in [0.2, 0.25) is 0 Å². The molecule has 3 heteroatoms. The predicted molar refractivity (Wildman–Crippen MR) is 61.4 cm³/mol. The highest BCUT2D eigenvalue weighted by atomic mass is 31.1. The first-order valence-corrected chi connectivity index (χ1v) is 6.02. The minimum absolute atomic E-state index is 0.181. The van der Waals surface area contributed by atoms with Gasteiger partial charge in [-0.05, 0) is 32.3 Å². The summed E-state index contributed by atoms with van der Waals surface area (Å²) in [5, 5.41) is -0.430. The van der Waals surface area contributed by atoms with Gasteiger partial charge in [0.1, 0.15) is 11.1 Å². The van der Waals surface area contributed by atoms with E-state index in [1.54, 1.807) is 0 Å². The van der Waals surface area contributed by atoms with Crippen molar-refractivity contribution < 1.29 is 9.63 Å². The van der Waals surface area contributed by atoms with Crippen LogP contribution in [0.15, 0.2) is 23.5 Å². The molecule has 0 fully saturated rings. The van der Waals surface area contributed by atoms with Crippen LogP contribution in [0.2, 0.25) is 0 Å². The number of allylic oxidation sites excluding steroid dienone is 4. The molecule has 0 saturated carbocycles. The van der Waals surface area contributed by atoms with Gasteiger partial charge >= 0.3 is 0 Å². The van der Waals surface area contributed by atoms with Crippen molar-refractivity contribution in [2.75, 3.05) is 0 Å². The molecule has 14 heavy (non-hydrogen) atoms. The van der Waals surface area contributed by atoms with Crippen LogP contribution in [-0.4, -0.2) is 10.2 Å². The normalized spacial score (nSPS) is 18.3. The van der Waals surface area contributed by atoms with E-state index in [0.29, 0.717) is 0 Å². The second kappa shape index (κ2) is 4.95. The molecule has 0 bridgehead atoms. The number of hydrogen-bond acceptors (Lipinski definition) is 2. The molecule has 1 aliphatic carbocycles. The monoisotopic (exact) mass is 214 g/mol. The zero-order chi connectivity index (χ0) is 10.6. The Morgan fingerprint density at radius 1 is 1.57 bits per heavy atom. The molecule has 0 saturated heterocycles. The van der Waals surface area contributed by atoms with Gasteiger partial charge in [-0.3, -0.25) is 0 Å². The lowest BCUT2D eigenvalue weighted by atomic mass is 10.0. The van der Waals surface area contributed by atoms with Crippen LogP contribution in [0.4, 0.5) is 0 Å². The highest BCUT2D eigenvalue weighted by Crippen LogP contribution is 2.34. The Kier molecular flexibility index (Phi) is 4.15. The molecule has 0 aromatic rings. The first-order valence-electron chi connectivity index (χ1n) is 5.08. The fourth-order valence-electron chi connectivity index (χ4n) is 1.46. The average molecular weight is 214 g/mol. The quantitative estimate of drug-likeness (QED) is 0.727. The van der Waals surface area contributed by atoms with Crippen LogP contribution in [0.3, 0.4) is 0 Å². The van der Waals surface area contributed by atoms with Crippen LogP contribution in [0.25, 0.3) is 0 Å². The van der Waals surface area contributed by atoms with Gasteiger partial charge < -0.3 is 9.63 Å². The van der Waals surface area contributed by atoms with Gasteiger partial charge in [0.15, 0.2) is 0 Å². The fourth-order valence-corrected chi connectivity index (χ4v) is 1.62. The summed E-state index contributed by atoms with van der Waals surface area (Å²) in [5.74, 6) is 1.06. The summed E-state index contributed by atoms with van der Waals surface area (Å²) < 4.78 is 5.82. The van der Waals surface area contributed by atoms with Gasteiger partial charge in [-0.1, -0.05) is 19.1 Å². The first-order chi connectivity index (χ1) is 6.59. The molecule has 0 heterocycles. The average Bonchev–Trinajstić information content (AvgIpc) is 2.18. The topological polar surface area (TPSA) is 29.5 Å². The fraction of sp³-hybridized carbons (Fsp3) is 0.636. The second-order valence-electron chi connectivity index (χ2n) is 3.97. The van der Waals surface area contributed by atoms with Crippen LogP contribution in [0.5, 0.6) is 0 Å². The third kappa shape index (κ3) is 3.11. The molecule has 80 valence electrons. The van der Waals surface area contributed by atoms with Crippen molar-refractivity contribution in [1.82, 2.24) is 0 Å². The van der Waals surface area contributed by atoms with Crippen molar-refractivity contribution in [2.45, 2.75) is 45.4 Å². The maximum atomic E-state index is 9.15. The lowest BCUT2D eigenvalue weighted by Gasteiger charge is -2.27. The van der Waals surface area contributed by atoms with Crippen molar-refractivity contribution in [1.29, 1.82) is 0 Å². The molecule has 1 aliphatic rings. The van der Waals surface area contributed by atoms with Crippen LogP contribution in [-0.2, 0) is 4.74 Å². The van der Waals surface area contributed by atoms with Gasteiger partial charge in [-0.25, -0.2) is 0 Å². The van der Waals surface area contributed by atoms with Crippen LogP contribution in [0, 0.1) is 0 Å². The van der Waals surface area contributed by atoms with Crippen molar-refractivity contribution in [3.63, 3.8) is 0 Å². The van der Waals surface area contributed by atoms with E-state index in [1.807, 2.05) is 13.8 Å². The van der Waals surface area contributed by atoms with Gasteiger partial charge in [-0.15, -0.1) is 0 Å². The molecule has 0 amide bonds. The second-order valence-corrected chi connectivity index (χ2v) is 5.39. The molecule has 1 N–H and O–H groups in total. The Morgan fingerprint density at radius 2 is 2.29 bits per heavy atom. The maximum Gasteiger partial charge on any atom is 0.143 e. The zero-order valence-electron chi connectivity index (χ0n) is 9.13. The predicted octanol–water partition coefficient (Wildman–Crippen LogP) is 3.34. The molecule has 0 spiro atoms. The van der Waals surface area contributed by atoms with E-state index in [1.165, 1.54) is 5.57 Å². The van der Waals surface area contributed by atoms with Gasteiger partial charge in [0, 0.05) is 6.42 Å². The number of ether oxygens (including phenoxy) is 1. The summed E-state index contributed by atoms with van der Waals surface area (Å²) in [6.45, 7) is 5.97. The van der Waals surface area contributed by atoms with E-state index in [2.05, 4.69) is 19.1 Å². The van der Waals surface area contributed by atoms with Crippen LogP contribution < -0.4 is 0 Å². The van der Waals surface area contributed by atoms with Crippen molar-refractivity contribution >= 4 is 8.81 Å². The molecule has 1 unspecified atom stereocenters. The van der Waals surface area contributed by atoms with E-state index in [0.717, 1.165) is 25.0 Å². The van der Waals surface area contributed by atoms with Crippen molar-refractivity contribution in [3.05, 3.63) is 23.5 Å². The molecular weight excluding hydrogens is 195 g/mol. The van der Waals surface area contributed by atoms with E-state index in [-0.39, 0.29) is 8.81 Å². The SMILES string of the molecule is CCC1=C(OC(C)(C)PO)CCC=C1. The molecular formula is C11H19O2P. The van der Waals surface area contributed by atoms with Crippen LogP contribution in [0.1, 0.15) is 40.0 Å². The molecule has 0 aromatic carbocycles. The Hall–Kier alpha value is -0.330.